The van der Waals surface area contributed by atoms with Crippen molar-refractivity contribution in [2.24, 2.45) is 12.0 Å². The largest absolute Gasteiger partial charge is 0.453 e. The Bertz CT molecular complexity index is 606. The molecule has 0 atom stereocenters. The van der Waals surface area contributed by atoms with E-state index in [1.54, 1.807) is 4.90 Å². The minimum absolute atomic E-state index is 0.254. The van der Waals surface area contributed by atoms with Gasteiger partial charge in [0, 0.05) is 32.7 Å². The van der Waals surface area contributed by atoms with Gasteiger partial charge in [-0.05, 0) is 26.2 Å². The number of nitrogens with one attached hydrogen (secondary N) is 2. The Hall–Kier alpha value is -2.32. The highest BCUT2D eigenvalue weighted by Gasteiger charge is 2.23. The van der Waals surface area contributed by atoms with Crippen molar-refractivity contribution in [3.63, 3.8) is 0 Å². The van der Waals surface area contributed by atoms with Gasteiger partial charge in [0.1, 0.15) is 12.4 Å². The summed E-state index contributed by atoms with van der Waals surface area (Å²) in [5.41, 5.74) is 0. The number of piperidine rings is 1. The van der Waals surface area contributed by atoms with Crippen LogP contribution in [0.3, 0.4) is 0 Å². The summed E-state index contributed by atoms with van der Waals surface area (Å²) < 4.78 is 6.73. The zero-order valence-corrected chi connectivity index (χ0v) is 16.3. The lowest BCUT2D eigenvalue weighted by Gasteiger charge is -2.32. The minimum atomic E-state index is -0.254. The van der Waals surface area contributed by atoms with E-state index >= 15 is 0 Å². The van der Waals surface area contributed by atoms with Crippen molar-refractivity contribution >= 4 is 12.1 Å². The van der Waals surface area contributed by atoms with Gasteiger partial charge in [-0.2, -0.15) is 0 Å². The molecule has 0 bridgehead atoms. The number of ether oxygens (including phenoxy) is 1. The fourth-order valence-corrected chi connectivity index (χ4v) is 2.80. The van der Waals surface area contributed by atoms with Crippen molar-refractivity contribution in [1.82, 2.24) is 30.3 Å². The number of hydrogen-bond acceptors (Lipinski definition) is 5. The van der Waals surface area contributed by atoms with Crippen LogP contribution in [0.2, 0.25) is 0 Å². The van der Waals surface area contributed by atoms with Crippen LogP contribution >= 0.6 is 0 Å². The van der Waals surface area contributed by atoms with E-state index in [0.717, 1.165) is 49.8 Å². The SMILES string of the molecule is CCCCNC(=NCc1nnc(C)n1C)NC1CCN(C(=O)OC)CC1. The molecule has 0 aliphatic carbocycles. The maximum atomic E-state index is 11.6. The number of carbonyl (C=O) groups excluding carboxylic acids is 1. The summed E-state index contributed by atoms with van der Waals surface area (Å²) >= 11 is 0. The zero-order chi connectivity index (χ0) is 18.9. The average Bonchev–Trinajstić information content (AvgIpc) is 2.98. The van der Waals surface area contributed by atoms with Gasteiger partial charge < -0.3 is 24.8 Å². The molecule has 9 nitrogen and oxygen atoms in total. The van der Waals surface area contributed by atoms with Crippen molar-refractivity contribution in [2.45, 2.75) is 52.1 Å². The summed E-state index contributed by atoms with van der Waals surface area (Å²) in [5.74, 6) is 2.49. The van der Waals surface area contributed by atoms with Gasteiger partial charge in [0.05, 0.1) is 7.11 Å². The van der Waals surface area contributed by atoms with E-state index < -0.39 is 0 Å². The van der Waals surface area contributed by atoms with E-state index in [2.05, 4.69) is 32.7 Å². The second kappa shape index (κ2) is 9.98. The number of aryl methyl sites for hydroxylation is 1. The number of rotatable bonds is 6. The predicted octanol–water partition coefficient (Wildman–Crippen LogP) is 1.19. The molecule has 2 N–H and O–H groups in total. The van der Waals surface area contributed by atoms with E-state index in [1.807, 2.05) is 18.5 Å². The van der Waals surface area contributed by atoms with Crippen LogP contribution in [0.1, 0.15) is 44.3 Å². The molecule has 2 rings (SSSR count). The van der Waals surface area contributed by atoms with Gasteiger partial charge in [-0.3, -0.25) is 0 Å². The molecule has 0 saturated carbocycles. The monoisotopic (exact) mass is 365 g/mol. The summed E-state index contributed by atoms with van der Waals surface area (Å²) in [7, 11) is 3.36. The molecule has 1 aromatic heterocycles. The summed E-state index contributed by atoms with van der Waals surface area (Å²) in [6.45, 7) is 6.82. The van der Waals surface area contributed by atoms with Gasteiger partial charge >= 0.3 is 6.09 Å². The number of carbonyl (C=O) groups is 1. The number of guanidine groups is 1. The number of likely N-dealkylation sites (tertiary alicyclic amines) is 1. The van der Waals surface area contributed by atoms with E-state index in [-0.39, 0.29) is 12.1 Å². The molecule has 1 saturated heterocycles. The maximum absolute atomic E-state index is 11.6. The molecule has 0 aromatic carbocycles. The molecule has 0 spiro atoms. The number of hydrogen-bond donors (Lipinski definition) is 2. The van der Waals surface area contributed by atoms with Gasteiger partial charge in [0.2, 0.25) is 0 Å². The smallest absolute Gasteiger partial charge is 0.409 e. The number of amides is 1. The number of aliphatic imine (C=N–C) groups is 1. The predicted molar refractivity (Wildman–Crippen MR) is 99.9 cm³/mol. The Balaban J connectivity index is 1.93. The van der Waals surface area contributed by atoms with Crippen LogP contribution in [-0.4, -0.2) is 64.5 Å². The van der Waals surface area contributed by atoms with Crippen LogP contribution < -0.4 is 10.6 Å². The topological polar surface area (TPSA) is 96.7 Å². The molecule has 2 heterocycles. The number of aromatic nitrogens is 3. The highest BCUT2D eigenvalue weighted by atomic mass is 16.5. The lowest BCUT2D eigenvalue weighted by atomic mass is 10.1. The molecule has 0 radical (unpaired) electrons. The van der Waals surface area contributed by atoms with Crippen LogP contribution in [0.25, 0.3) is 0 Å². The molecule has 146 valence electrons. The Labute approximate surface area is 155 Å². The van der Waals surface area contributed by atoms with Crippen molar-refractivity contribution in [1.29, 1.82) is 0 Å². The lowest BCUT2D eigenvalue weighted by molar-refractivity contribution is 0.111. The van der Waals surface area contributed by atoms with Crippen molar-refractivity contribution < 1.29 is 9.53 Å². The van der Waals surface area contributed by atoms with Crippen LogP contribution in [-0.2, 0) is 18.3 Å². The molecule has 9 heteroatoms. The van der Waals surface area contributed by atoms with E-state index in [9.17, 15) is 4.79 Å². The third kappa shape index (κ3) is 5.60. The normalized spacial score (nSPS) is 15.8. The Morgan fingerprint density at radius 3 is 2.65 bits per heavy atom. The van der Waals surface area contributed by atoms with Gasteiger partial charge in [0.25, 0.3) is 0 Å². The molecular weight excluding hydrogens is 334 g/mol. The molecule has 1 aromatic rings. The molecule has 26 heavy (non-hydrogen) atoms. The summed E-state index contributed by atoms with van der Waals surface area (Å²) in [5, 5.41) is 15.1. The summed E-state index contributed by atoms with van der Waals surface area (Å²) in [6.07, 6.45) is 3.69. The zero-order valence-electron chi connectivity index (χ0n) is 16.3. The van der Waals surface area contributed by atoms with E-state index in [4.69, 9.17) is 4.74 Å². The van der Waals surface area contributed by atoms with Crippen LogP contribution in [0.5, 0.6) is 0 Å². The fourth-order valence-electron chi connectivity index (χ4n) is 2.80. The van der Waals surface area contributed by atoms with Gasteiger partial charge in [-0.1, -0.05) is 13.3 Å². The number of nitrogens with zero attached hydrogens (tertiary/aromatic N) is 5. The first-order chi connectivity index (χ1) is 12.5. The lowest BCUT2D eigenvalue weighted by Crippen LogP contribution is -2.50. The first kappa shape index (κ1) is 20.0. The van der Waals surface area contributed by atoms with Gasteiger partial charge in [-0.25, -0.2) is 9.79 Å². The van der Waals surface area contributed by atoms with Gasteiger partial charge in [0.15, 0.2) is 11.8 Å². The minimum Gasteiger partial charge on any atom is -0.453 e. The molecule has 1 amide bonds. The molecular formula is C17H31N7O2. The molecule has 1 fully saturated rings. The van der Waals surface area contributed by atoms with Crippen molar-refractivity contribution in [3.05, 3.63) is 11.6 Å². The van der Waals surface area contributed by atoms with Gasteiger partial charge in [-0.15, -0.1) is 10.2 Å². The third-order valence-corrected chi connectivity index (χ3v) is 4.65. The Morgan fingerprint density at radius 1 is 1.35 bits per heavy atom. The molecule has 1 aliphatic rings. The average molecular weight is 365 g/mol. The Morgan fingerprint density at radius 2 is 2.08 bits per heavy atom. The molecule has 1 aliphatic heterocycles. The van der Waals surface area contributed by atoms with E-state index in [0.29, 0.717) is 19.6 Å². The van der Waals surface area contributed by atoms with E-state index in [1.165, 1.54) is 7.11 Å². The third-order valence-electron chi connectivity index (χ3n) is 4.65. The number of unbranched alkanes of at least 4 members (excludes halogenated alkanes) is 1. The Kier molecular flexibility index (Phi) is 7.68. The van der Waals surface area contributed by atoms with Crippen molar-refractivity contribution in [3.8, 4) is 0 Å². The van der Waals surface area contributed by atoms with Crippen LogP contribution in [0, 0.1) is 6.92 Å². The van der Waals surface area contributed by atoms with Crippen LogP contribution in [0.15, 0.2) is 4.99 Å². The molecule has 0 unspecified atom stereocenters. The first-order valence-corrected chi connectivity index (χ1v) is 9.27. The van der Waals surface area contributed by atoms with Crippen LogP contribution in [0.4, 0.5) is 4.79 Å². The second-order valence-corrected chi connectivity index (χ2v) is 6.54. The first-order valence-electron chi connectivity index (χ1n) is 9.27. The highest BCUT2D eigenvalue weighted by molar-refractivity contribution is 5.80. The number of methoxy groups -OCH3 is 1. The quantitative estimate of drug-likeness (QED) is 0.447. The highest BCUT2D eigenvalue weighted by Crippen LogP contribution is 2.11. The summed E-state index contributed by atoms with van der Waals surface area (Å²) in [4.78, 5) is 18.0. The second-order valence-electron chi connectivity index (χ2n) is 6.54. The standard InChI is InChI=1S/C17H31N7O2/c1-5-6-9-18-16(19-12-15-22-21-13(2)23(15)3)20-14-7-10-24(11-8-14)17(25)26-4/h14H,5-12H2,1-4H3,(H2,18,19,20). The fraction of sp³-hybridized carbons (Fsp3) is 0.765. The van der Waals surface area contributed by atoms with Crippen molar-refractivity contribution in [2.75, 3.05) is 26.7 Å². The summed E-state index contributed by atoms with van der Waals surface area (Å²) in [6, 6.07) is 0.282. The maximum Gasteiger partial charge on any atom is 0.409 e.